The molecule has 0 heterocycles. The van der Waals surface area contributed by atoms with Crippen molar-refractivity contribution in [2.45, 2.75) is 26.2 Å². The molecule has 0 aliphatic heterocycles. The summed E-state index contributed by atoms with van der Waals surface area (Å²) in [4.78, 5) is 0. The van der Waals surface area contributed by atoms with Crippen molar-refractivity contribution in [2.75, 3.05) is 20.8 Å². The predicted octanol–water partition coefficient (Wildman–Crippen LogP) is 2.58. The van der Waals surface area contributed by atoms with Gasteiger partial charge in [0.1, 0.15) is 11.5 Å². The summed E-state index contributed by atoms with van der Waals surface area (Å²) in [6, 6.07) is 5.98. The maximum Gasteiger partial charge on any atom is 0.122 e. The van der Waals surface area contributed by atoms with Crippen LogP contribution >= 0.6 is 0 Å². The zero-order valence-corrected chi connectivity index (χ0v) is 11.9. The van der Waals surface area contributed by atoms with Crippen molar-refractivity contribution in [1.29, 1.82) is 0 Å². The van der Waals surface area contributed by atoms with E-state index in [1.165, 1.54) is 5.56 Å². The van der Waals surface area contributed by atoms with Crippen LogP contribution in [0.2, 0.25) is 0 Å². The Morgan fingerprint density at radius 3 is 2.28 bits per heavy atom. The highest BCUT2D eigenvalue weighted by Crippen LogP contribution is 2.70. The second-order valence-electron chi connectivity index (χ2n) is 5.78. The molecular weight excluding hydrogens is 226 g/mol. The Kier molecular flexibility index (Phi) is 3.06. The van der Waals surface area contributed by atoms with Crippen molar-refractivity contribution in [2.24, 2.45) is 17.1 Å². The lowest BCUT2D eigenvalue weighted by Crippen LogP contribution is -2.14. The van der Waals surface area contributed by atoms with Crippen molar-refractivity contribution in [1.82, 2.24) is 0 Å². The van der Waals surface area contributed by atoms with Gasteiger partial charge in [0.05, 0.1) is 14.2 Å². The molecule has 2 unspecified atom stereocenters. The minimum absolute atomic E-state index is 0.0572. The van der Waals surface area contributed by atoms with Crippen molar-refractivity contribution >= 4 is 0 Å². The van der Waals surface area contributed by atoms with E-state index in [1.807, 2.05) is 12.1 Å². The molecule has 1 aromatic carbocycles. The SMILES string of the molecule is COc1ccc(OC)c(C2(C)C(CN)C2(C)C)c1. The molecule has 0 radical (unpaired) electrons. The maximum absolute atomic E-state index is 5.91. The highest BCUT2D eigenvalue weighted by atomic mass is 16.5. The summed E-state index contributed by atoms with van der Waals surface area (Å²) < 4.78 is 10.8. The van der Waals surface area contributed by atoms with Gasteiger partial charge >= 0.3 is 0 Å². The Morgan fingerprint density at radius 1 is 1.17 bits per heavy atom. The molecular formula is C15H23NO2. The van der Waals surface area contributed by atoms with Crippen molar-refractivity contribution in [3.63, 3.8) is 0 Å². The van der Waals surface area contributed by atoms with E-state index in [0.29, 0.717) is 12.5 Å². The normalized spacial score (nSPS) is 28.9. The van der Waals surface area contributed by atoms with E-state index >= 15 is 0 Å². The fraction of sp³-hybridized carbons (Fsp3) is 0.600. The largest absolute Gasteiger partial charge is 0.497 e. The molecule has 1 saturated carbocycles. The van der Waals surface area contributed by atoms with Crippen LogP contribution in [0.1, 0.15) is 26.3 Å². The number of hydrogen-bond donors (Lipinski definition) is 1. The molecule has 2 rings (SSSR count). The van der Waals surface area contributed by atoms with Gasteiger partial charge in [-0.15, -0.1) is 0 Å². The van der Waals surface area contributed by atoms with E-state index in [2.05, 4.69) is 26.8 Å². The maximum atomic E-state index is 5.91. The van der Waals surface area contributed by atoms with Crippen molar-refractivity contribution in [3.05, 3.63) is 23.8 Å². The third-order valence-corrected chi connectivity index (χ3v) is 5.03. The van der Waals surface area contributed by atoms with Gasteiger partial charge in [-0.1, -0.05) is 20.8 Å². The molecule has 3 nitrogen and oxygen atoms in total. The van der Waals surface area contributed by atoms with Crippen LogP contribution < -0.4 is 15.2 Å². The highest BCUT2D eigenvalue weighted by molar-refractivity contribution is 5.51. The third-order valence-electron chi connectivity index (χ3n) is 5.03. The Bertz CT molecular complexity index is 456. The standard InChI is InChI=1S/C15H23NO2/c1-14(2)13(9-16)15(14,3)11-8-10(17-4)6-7-12(11)18-5/h6-8,13H,9,16H2,1-5H3. The molecule has 0 saturated heterocycles. The Morgan fingerprint density at radius 2 is 1.83 bits per heavy atom. The van der Waals surface area contributed by atoms with Crippen molar-refractivity contribution in [3.8, 4) is 11.5 Å². The fourth-order valence-electron chi connectivity index (χ4n) is 3.39. The number of rotatable bonds is 4. The average molecular weight is 249 g/mol. The van der Waals surface area contributed by atoms with E-state index in [4.69, 9.17) is 15.2 Å². The van der Waals surface area contributed by atoms with E-state index in [1.54, 1.807) is 14.2 Å². The molecule has 100 valence electrons. The smallest absolute Gasteiger partial charge is 0.122 e. The Labute approximate surface area is 109 Å². The molecule has 0 spiro atoms. The summed E-state index contributed by atoms with van der Waals surface area (Å²) in [5, 5.41) is 0. The number of methoxy groups -OCH3 is 2. The zero-order chi connectivity index (χ0) is 13.6. The summed E-state index contributed by atoms with van der Waals surface area (Å²) in [7, 11) is 3.40. The molecule has 1 aliphatic carbocycles. The first-order valence-corrected chi connectivity index (χ1v) is 6.36. The molecule has 18 heavy (non-hydrogen) atoms. The molecule has 0 amide bonds. The summed E-state index contributed by atoms with van der Waals surface area (Å²) in [6.07, 6.45) is 0. The van der Waals surface area contributed by atoms with Crippen LogP contribution in [0, 0.1) is 11.3 Å². The molecule has 0 bridgehead atoms. The van der Waals surface area contributed by atoms with Crippen LogP contribution in [0.4, 0.5) is 0 Å². The fourth-order valence-corrected chi connectivity index (χ4v) is 3.39. The quantitative estimate of drug-likeness (QED) is 0.892. The molecule has 1 fully saturated rings. The van der Waals surface area contributed by atoms with Gasteiger partial charge in [-0.25, -0.2) is 0 Å². The minimum Gasteiger partial charge on any atom is -0.497 e. The van der Waals surface area contributed by atoms with E-state index in [0.717, 1.165) is 11.5 Å². The second kappa shape index (κ2) is 4.16. The summed E-state index contributed by atoms with van der Waals surface area (Å²) in [5.74, 6) is 2.26. The molecule has 1 aliphatic rings. The van der Waals surface area contributed by atoms with E-state index in [-0.39, 0.29) is 10.8 Å². The summed E-state index contributed by atoms with van der Waals surface area (Å²) in [6.45, 7) is 7.50. The number of ether oxygens (including phenoxy) is 2. The third kappa shape index (κ3) is 1.53. The van der Waals surface area contributed by atoms with Crippen LogP contribution in [-0.4, -0.2) is 20.8 Å². The van der Waals surface area contributed by atoms with Crippen LogP contribution in [0.25, 0.3) is 0 Å². The van der Waals surface area contributed by atoms with Crippen LogP contribution in [0.5, 0.6) is 11.5 Å². The number of benzene rings is 1. The van der Waals surface area contributed by atoms with Gasteiger partial charge in [0.15, 0.2) is 0 Å². The van der Waals surface area contributed by atoms with Crippen molar-refractivity contribution < 1.29 is 9.47 Å². The van der Waals surface area contributed by atoms with Gasteiger partial charge in [0, 0.05) is 11.0 Å². The van der Waals surface area contributed by atoms with Gasteiger partial charge in [0.25, 0.3) is 0 Å². The molecule has 2 atom stereocenters. The second-order valence-corrected chi connectivity index (χ2v) is 5.78. The summed E-state index contributed by atoms with van der Waals surface area (Å²) in [5.41, 5.74) is 7.36. The van der Waals surface area contributed by atoms with Crippen LogP contribution in [0.3, 0.4) is 0 Å². The monoisotopic (exact) mass is 249 g/mol. The molecule has 0 aromatic heterocycles. The molecule has 2 N–H and O–H groups in total. The number of nitrogens with two attached hydrogens (primary N) is 1. The molecule has 1 aromatic rings. The first-order chi connectivity index (χ1) is 8.43. The lowest BCUT2D eigenvalue weighted by molar-refractivity contribution is 0.388. The first-order valence-electron chi connectivity index (χ1n) is 6.36. The lowest BCUT2D eigenvalue weighted by Gasteiger charge is -2.19. The predicted molar refractivity (Wildman–Crippen MR) is 73.2 cm³/mol. The molecule has 3 heteroatoms. The van der Waals surface area contributed by atoms with Gasteiger partial charge in [-0.05, 0) is 36.1 Å². The Balaban J connectivity index is 2.51. The van der Waals surface area contributed by atoms with Crippen LogP contribution in [-0.2, 0) is 5.41 Å². The van der Waals surface area contributed by atoms with Crippen LogP contribution in [0.15, 0.2) is 18.2 Å². The van der Waals surface area contributed by atoms with E-state index in [9.17, 15) is 0 Å². The van der Waals surface area contributed by atoms with Gasteiger partial charge in [-0.3, -0.25) is 0 Å². The lowest BCUT2D eigenvalue weighted by atomic mass is 9.88. The first kappa shape index (κ1) is 13.2. The summed E-state index contributed by atoms with van der Waals surface area (Å²) >= 11 is 0. The number of hydrogen-bond acceptors (Lipinski definition) is 3. The minimum atomic E-state index is 0.0572. The topological polar surface area (TPSA) is 44.5 Å². The van der Waals surface area contributed by atoms with E-state index < -0.39 is 0 Å². The zero-order valence-electron chi connectivity index (χ0n) is 11.9. The Hall–Kier alpha value is -1.22. The highest BCUT2D eigenvalue weighted by Gasteiger charge is 2.68. The van der Waals surface area contributed by atoms with Gasteiger partial charge < -0.3 is 15.2 Å². The van der Waals surface area contributed by atoms with Gasteiger partial charge in [-0.2, -0.15) is 0 Å². The average Bonchev–Trinajstić information content (AvgIpc) is 2.82. The van der Waals surface area contributed by atoms with Gasteiger partial charge in [0.2, 0.25) is 0 Å².